The summed E-state index contributed by atoms with van der Waals surface area (Å²) in [5.74, 6) is -0.462. The first kappa shape index (κ1) is 13.3. The van der Waals surface area contributed by atoms with Crippen molar-refractivity contribution in [3.8, 4) is 0 Å². The van der Waals surface area contributed by atoms with E-state index < -0.39 is 5.79 Å². The Balaban J connectivity index is 1.71. The predicted octanol–water partition coefficient (Wildman–Crippen LogP) is 2.11. The van der Waals surface area contributed by atoms with Gasteiger partial charge >= 0.3 is 0 Å². The minimum atomic E-state index is -0.462. The molecule has 0 spiro atoms. The van der Waals surface area contributed by atoms with E-state index in [4.69, 9.17) is 18.9 Å². The number of hydrogen-bond donors (Lipinski definition) is 0. The van der Waals surface area contributed by atoms with E-state index in [1.165, 1.54) is 6.42 Å². The van der Waals surface area contributed by atoms with E-state index in [1.807, 2.05) is 13.8 Å². The standard InChI is InChI=1S/C13H24O4/c1-4-5-6-14-8-10-7-11-12(9-15-10)17-13(2,3)16-11/h10-12H,4-9H2,1-3H3/t10?,11-,12+/m0/s1. The molecule has 0 radical (unpaired) electrons. The second kappa shape index (κ2) is 5.65. The first-order chi connectivity index (χ1) is 8.11. The summed E-state index contributed by atoms with van der Waals surface area (Å²) in [5.41, 5.74) is 0. The van der Waals surface area contributed by atoms with Crippen LogP contribution in [0.25, 0.3) is 0 Å². The van der Waals surface area contributed by atoms with Crippen molar-refractivity contribution in [2.45, 2.75) is 64.1 Å². The number of hydrogen-bond acceptors (Lipinski definition) is 4. The van der Waals surface area contributed by atoms with Crippen molar-refractivity contribution >= 4 is 0 Å². The van der Waals surface area contributed by atoms with E-state index in [0.717, 1.165) is 19.4 Å². The molecule has 0 bridgehead atoms. The summed E-state index contributed by atoms with van der Waals surface area (Å²) in [6.07, 6.45) is 3.58. The van der Waals surface area contributed by atoms with Gasteiger partial charge in [-0.05, 0) is 20.3 Å². The highest BCUT2D eigenvalue weighted by atomic mass is 16.8. The topological polar surface area (TPSA) is 36.9 Å². The molecule has 4 heteroatoms. The van der Waals surface area contributed by atoms with Gasteiger partial charge in [0.25, 0.3) is 0 Å². The van der Waals surface area contributed by atoms with Gasteiger partial charge in [0.15, 0.2) is 5.79 Å². The van der Waals surface area contributed by atoms with Crippen LogP contribution in [-0.2, 0) is 18.9 Å². The van der Waals surface area contributed by atoms with E-state index in [9.17, 15) is 0 Å². The summed E-state index contributed by atoms with van der Waals surface area (Å²) in [4.78, 5) is 0. The molecular weight excluding hydrogens is 220 g/mol. The largest absolute Gasteiger partial charge is 0.379 e. The van der Waals surface area contributed by atoms with E-state index in [1.54, 1.807) is 0 Å². The Morgan fingerprint density at radius 3 is 2.76 bits per heavy atom. The van der Waals surface area contributed by atoms with Crippen LogP contribution in [0.15, 0.2) is 0 Å². The van der Waals surface area contributed by atoms with Crippen LogP contribution in [-0.4, -0.2) is 43.9 Å². The van der Waals surface area contributed by atoms with Crippen molar-refractivity contribution in [2.24, 2.45) is 0 Å². The SMILES string of the molecule is CCCCOCC1C[C@@H]2OC(C)(C)O[C@@H]2CO1. The van der Waals surface area contributed by atoms with Crippen molar-refractivity contribution in [2.75, 3.05) is 19.8 Å². The van der Waals surface area contributed by atoms with Crippen LogP contribution in [0.4, 0.5) is 0 Å². The maximum Gasteiger partial charge on any atom is 0.163 e. The second-order valence-corrected chi connectivity index (χ2v) is 5.33. The van der Waals surface area contributed by atoms with Crippen molar-refractivity contribution in [1.82, 2.24) is 0 Å². The van der Waals surface area contributed by atoms with Crippen LogP contribution in [0.3, 0.4) is 0 Å². The van der Waals surface area contributed by atoms with E-state index in [0.29, 0.717) is 13.2 Å². The Hall–Kier alpha value is -0.160. The second-order valence-electron chi connectivity index (χ2n) is 5.33. The molecule has 17 heavy (non-hydrogen) atoms. The molecule has 2 heterocycles. The monoisotopic (exact) mass is 244 g/mol. The van der Waals surface area contributed by atoms with Gasteiger partial charge in [0, 0.05) is 13.0 Å². The van der Waals surface area contributed by atoms with Gasteiger partial charge in [-0.15, -0.1) is 0 Å². The van der Waals surface area contributed by atoms with E-state index in [2.05, 4.69) is 6.92 Å². The lowest BCUT2D eigenvalue weighted by molar-refractivity contribution is -0.146. The van der Waals surface area contributed by atoms with Crippen molar-refractivity contribution in [1.29, 1.82) is 0 Å². The summed E-state index contributed by atoms with van der Waals surface area (Å²) in [6.45, 7) is 8.20. The third kappa shape index (κ3) is 3.65. The third-order valence-electron chi connectivity index (χ3n) is 3.22. The fourth-order valence-electron chi connectivity index (χ4n) is 2.39. The average molecular weight is 244 g/mol. The molecule has 3 atom stereocenters. The van der Waals surface area contributed by atoms with Gasteiger partial charge in [-0.25, -0.2) is 0 Å². The lowest BCUT2D eigenvalue weighted by Crippen LogP contribution is -2.41. The van der Waals surface area contributed by atoms with E-state index in [-0.39, 0.29) is 18.3 Å². The van der Waals surface area contributed by atoms with Gasteiger partial charge in [-0.3, -0.25) is 0 Å². The van der Waals surface area contributed by atoms with Gasteiger partial charge in [0.1, 0.15) is 6.10 Å². The molecular formula is C13H24O4. The molecule has 2 fully saturated rings. The molecule has 1 unspecified atom stereocenters. The normalized spacial score (nSPS) is 35.8. The molecule has 4 nitrogen and oxygen atoms in total. The van der Waals surface area contributed by atoms with Gasteiger partial charge in [-0.1, -0.05) is 13.3 Å². The van der Waals surface area contributed by atoms with Crippen LogP contribution >= 0.6 is 0 Å². The van der Waals surface area contributed by atoms with Crippen LogP contribution in [0.1, 0.15) is 40.0 Å². The Kier molecular flexibility index (Phi) is 4.42. The molecule has 2 saturated heterocycles. The predicted molar refractivity (Wildman–Crippen MR) is 63.9 cm³/mol. The average Bonchev–Trinajstić information content (AvgIpc) is 2.57. The maximum absolute atomic E-state index is 5.85. The zero-order valence-electron chi connectivity index (χ0n) is 11.1. The molecule has 0 N–H and O–H groups in total. The van der Waals surface area contributed by atoms with Gasteiger partial charge < -0.3 is 18.9 Å². The number of ether oxygens (including phenoxy) is 4. The number of rotatable bonds is 5. The summed E-state index contributed by atoms with van der Waals surface area (Å²) in [7, 11) is 0. The van der Waals surface area contributed by atoms with Gasteiger partial charge in [0.05, 0.1) is 25.4 Å². The van der Waals surface area contributed by atoms with Crippen LogP contribution in [0.2, 0.25) is 0 Å². The lowest BCUT2D eigenvalue weighted by atomic mass is 10.0. The zero-order valence-corrected chi connectivity index (χ0v) is 11.1. The molecule has 0 aromatic rings. The molecule has 0 saturated carbocycles. The molecule has 0 aromatic carbocycles. The highest BCUT2D eigenvalue weighted by Gasteiger charge is 2.45. The van der Waals surface area contributed by atoms with Gasteiger partial charge in [0.2, 0.25) is 0 Å². The molecule has 2 aliphatic heterocycles. The lowest BCUT2D eigenvalue weighted by Gasteiger charge is -2.29. The highest BCUT2D eigenvalue weighted by molar-refractivity contribution is 4.87. The van der Waals surface area contributed by atoms with E-state index >= 15 is 0 Å². The summed E-state index contributed by atoms with van der Waals surface area (Å²) >= 11 is 0. The Morgan fingerprint density at radius 1 is 1.24 bits per heavy atom. The molecule has 0 aliphatic carbocycles. The zero-order chi connectivity index (χ0) is 12.3. The van der Waals surface area contributed by atoms with Gasteiger partial charge in [-0.2, -0.15) is 0 Å². The van der Waals surface area contributed by atoms with Crippen LogP contribution < -0.4 is 0 Å². The first-order valence-electron chi connectivity index (χ1n) is 6.65. The van der Waals surface area contributed by atoms with Crippen molar-refractivity contribution < 1.29 is 18.9 Å². The Labute approximate surface area is 104 Å². The van der Waals surface area contributed by atoms with Crippen molar-refractivity contribution in [3.63, 3.8) is 0 Å². The fraction of sp³-hybridized carbons (Fsp3) is 1.00. The molecule has 2 aliphatic rings. The Bertz CT molecular complexity index is 242. The molecule has 2 rings (SSSR count). The minimum absolute atomic E-state index is 0.0943. The molecule has 0 aromatic heterocycles. The molecule has 0 amide bonds. The fourth-order valence-corrected chi connectivity index (χ4v) is 2.39. The summed E-state index contributed by atoms with van der Waals surface area (Å²) in [6, 6.07) is 0. The highest BCUT2D eigenvalue weighted by Crippen LogP contribution is 2.34. The van der Waals surface area contributed by atoms with Crippen LogP contribution in [0.5, 0.6) is 0 Å². The summed E-state index contributed by atoms with van der Waals surface area (Å²) in [5, 5.41) is 0. The van der Waals surface area contributed by atoms with Crippen LogP contribution in [0, 0.1) is 0 Å². The quantitative estimate of drug-likeness (QED) is 0.694. The minimum Gasteiger partial charge on any atom is -0.379 e. The van der Waals surface area contributed by atoms with Crippen molar-refractivity contribution in [3.05, 3.63) is 0 Å². The number of unbranched alkanes of at least 4 members (excludes halogenated alkanes) is 1. The maximum atomic E-state index is 5.85. The first-order valence-corrected chi connectivity index (χ1v) is 6.65. The number of fused-ring (bicyclic) bond motifs is 1. The Morgan fingerprint density at radius 2 is 2.00 bits per heavy atom. The molecule has 100 valence electrons. The smallest absolute Gasteiger partial charge is 0.163 e. The summed E-state index contributed by atoms with van der Waals surface area (Å²) < 4.78 is 22.9. The third-order valence-corrected chi connectivity index (χ3v) is 3.22.